The van der Waals surface area contributed by atoms with Crippen molar-refractivity contribution in [2.75, 3.05) is 19.8 Å². The molecule has 0 aromatic heterocycles. The lowest BCUT2D eigenvalue weighted by molar-refractivity contribution is -0.253. The average Bonchev–Trinajstić information content (AvgIpc) is 2.51. The molecule has 0 bridgehead atoms. The highest BCUT2D eigenvalue weighted by atomic mass is 16.6. The van der Waals surface area contributed by atoms with Crippen molar-refractivity contribution in [3.05, 3.63) is 12.7 Å². The standard InChI is InChI=1S/C12H19NO9/c1-2-7(15)20-3-4-21-12(19)13-8-10(17)9(16)6(5-14)22-11(8)18/h2,6,8-11,14,16-18H,1,3-5H2,(H,13,19)/t6-,8-,9-,10-,11?/m1/s1. The number of carbonyl (C=O) groups excluding carboxylic acids is 2. The van der Waals surface area contributed by atoms with Gasteiger partial charge in [0.05, 0.1) is 6.61 Å². The van der Waals surface area contributed by atoms with E-state index >= 15 is 0 Å². The second-order valence-corrected chi connectivity index (χ2v) is 4.41. The highest BCUT2D eigenvalue weighted by Crippen LogP contribution is 2.19. The molecule has 126 valence electrons. The zero-order valence-corrected chi connectivity index (χ0v) is 11.6. The highest BCUT2D eigenvalue weighted by molar-refractivity contribution is 5.81. The van der Waals surface area contributed by atoms with Crippen LogP contribution in [0.4, 0.5) is 4.79 Å². The van der Waals surface area contributed by atoms with E-state index in [2.05, 4.69) is 21.4 Å². The van der Waals surface area contributed by atoms with Gasteiger partial charge in [0, 0.05) is 6.08 Å². The average molecular weight is 321 g/mol. The molecule has 0 spiro atoms. The van der Waals surface area contributed by atoms with Crippen LogP contribution in [0, 0.1) is 0 Å². The van der Waals surface area contributed by atoms with Crippen LogP contribution >= 0.6 is 0 Å². The Labute approximate surface area is 125 Å². The summed E-state index contributed by atoms with van der Waals surface area (Å²) in [5, 5.41) is 40.1. The maximum atomic E-state index is 11.5. The molecule has 5 atom stereocenters. The first-order valence-corrected chi connectivity index (χ1v) is 6.43. The summed E-state index contributed by atoms with van der Waals surface area (Å²) in [4.78, 5) is 22.2. The van der Waals surface area contributed by atoms with Crippen LogP contribution in [0.3, 0.4) is 0 Å². The number of hydrogen-bond acceptors (Lipinski definition) is 9. The minimum absolute atomic E-state index is 0.195. The summed E-state index contributed by atoms with van der Waals surface area (Å²) in [5.41, 5.74) is 0. The van der Waals surface area contributed by atoms with Crippen molar-refractivity contribution in [3.63, 3.8) is 0 Å². The number of carbonyl (C=O) groups is 2. The lowest BCUT2D eigenvalue weighted by Crippen LogP contribution is -2.64. The maximum Gasteiger partial charge on any atom is 0.407 e. The summed E-state index contributed by atoms with van der Waals surface area (Å²) in [6, 6.07) is -1.35. The zero-order valence-electron chi connectivity index (χ0n) is 11.6. The molecule has 1 unspecified atom stereocenters. The molecule has 0 aromatic rings. The van der Waals surface area contributed by atoms with E-state index in [9.17, 15) is 24.9 Å². The zero-order chi connectivity index (χ0) is 16.7. The minimum atomic E-state index is -1.64. The third-order valence-corrected chi connectivity index (χ3v) is 2.91. The number of amides is 1. The fourth-order valence-corrected chi connectivity index (χ4v) is 1.77. The van der Waals surface area contributed by atoms with E-state index in [0.717, 1.165) is 6.08 Å². The molecule has 1 fully saturated rings. The van der Waals surface area contributed by atoms with Crippen LogP contribution in [0.25, 0.3) is 0 Å². The van der Waals surface area contributed by atoms with Crippen molar-refractivity contribution < 1.29 is 44.2 Å². The molecule has 10 nitrogen and oxygen atoms in total. The molecule has 1 heterocycles. The number of ether oxygens (including phenoxy) is 3. The normalized spacial score (nSPS) is 31.2. The summed E-state index contributed by atoms with van der Waals surface area (Å²) in [6.07, 6.45) is -5.93. The van der Waals surface area contributed by atoms with Gasteiger partial charge >= 0.3 is 12.1 Å². The van der Waals surface area contributed by atoms with Crippen LogP contribution in [0.5, 0.6) is 0 Å². The number of aliphatic hydroxyl groups is 4. The predicted molar refractivity (Wildman–Crippen MR) is 69.4 cm³/mol. The lowest BCUT2D eigenvalue weighted by atomic mass is 9.97. The Morgan fingerprint density at radius 1 is 1.18 bits per heavy atom. The van der Waals surface area contributed by atoms with Gasteiger partial charge in [0.2, 0.25) is 0 Å². The van der Waals surface area contributed by atoms with Gasteiger partial charge in [-0.2, -0.15) is 0 Å². The Hall–Kier alpha value is -1.72. The molecule has 10 heteroatoms. The number of rotatable bonds is 6. The van der Waals surface area contributed by atoms with Gasteiger partial charge in [0.25, 0.3) is 0 Å². The van der Waals surface area contributed by atoms with Gasteiger partial charge < -0.3 is 40.0 Å². The van der Waals surface area contributed by atoms with Gasteiger partial charge in [-0.15, -0.1) is 0 Å². The first-order chi connectivity index (χ1) is 10.4. The van der Waals surface area contributed by atoms with Crippen LogP contribution < -0.4 is 5.32 Å². The monoisotopic (exact) mass is 321 g/mol. The van der Waals surface area contributed by atoms with Crippen molar-refractivity contribution in [2.24, 2.45) is 0 Å². The number of esters is 1. The van der Waals surface area contributed by atoms with Crippen LogP contribution in [-0.2, 0) is 19.0 Å². The summed E-state index contributed by atoms with van der Waals surface area (Å²) in [7, 11) is 0. The molecule has 1 rings (SSSR count). The largest absolute Gasteiger partial charge is 0.459 e. The van der Waals surface area contributed by atoms with Gasteiger partial charge in [-0.25, -0.2) is 9.59 Å². The Kier molecular flexibility index (Phi) is 7.21. The molecule has 1 amide bonds. The number of nitrogens with one attached hydrogen (secondary N) is 1. The van der Waals surface area contributed by atoms with Crippen molar-refractivity contribution >= 4 is 12.1 Å². The molecular formula is C12H19NO9. The Morgan fingerprint density at radius 2 is 1.82 bits per heavy atom. The van der Waals surface area contributed by atoms with Crippen molar-refractivity contribution in [1.82, 2.24) is 5.32 Å². The Balaban J connectivity index is 2.40. The summed E-state index contributed by atoms with van der Waals surface area (Å²) in [5.74, 6) is -0.672. The third kappa shape index (κ3) is 4.93. The van der Waals surface area contributed by atoms with Crippen molar-refractivity contribution in [2.45, 2.75) is 30.6 Å². The molecule has 22 heavy (non-hydrogen) atoms. The molecule has 1 saturated heterocycles. The van der Waals surface area contributed by atoms with Gasteiger partial charge in [0.15, 0.2) is 6.29 Å². The van der Waals surface area contributed by atoms with Gasteiger partial charge in [0.1, 0.15) is 37.6 Å². The molecule has 5 N–H and O–H groups in total. The Bertz CT molecular complexity index is 402. The number of aliphatic hydroxyl groups excluding tert-OH is 4. The van der Waals surface area contributed by atoms with E-state index in [0.29, 0.717) is 0 Å². The van der Waals surface area contributed by atoms with E-state index < -0.39 is 49.3 Å². The summed E-state index contributed by atoms with van der Waals surface area (Å²) < 4.78 is 14.1. The molecule has 0 aliphatic carbocycles. The van der Waals surface area contributed by atoms with Crippen LogP contribution in [0.2, 0.25) is 0 Å². The van der Waals surface area contributed by atoms with Crippen molar-refractivity contribution in [1.29, 1.82) is 0 Å². The smallest absolute Gasteiger partial charge is 0.407 e. The fourth-order valence-electron chi connectivity index (χ4n) is 1.77. The van der Waals surface area contributed by atoms with Gasteiger partial charge in [-0.1, -0.05) is 6.58 Å². The molecule has 0 radical (unpaired) electrons. The molecule has 0 aromatic carbocycles. The molecule has 1 aliphatic rings. The summed E-state index contributed by atoms with van der Waals surface area (Å²) in [6.45, 7) is 2.12. The highest BCUT2D eigenvalue weighted by Gasteiger charge is 2.44. The second-order valence-electron chi connectivity index (χ2n) is 4.41. The first kappa shape index (κ1) is 18.3. The van der Waals surface area contributed by atoms with Crippen LogP contribution in [0.15, 0.2) is 12.7 Å². The van der Waals surface area contributed by atoms with E-state index in [4.69, 9.17) is 9.84 Å². The second kappa shape index (κ2) is 8.66. The van der Waals surface area contributed by atoms with E-state index in [1.807, 2.05) is 0 Å². The topological polar surface area (TPSA) is 155 Å². The van der Waals surface area contributed by atoms with Gasteiger partial charge in [-0.05, 0) is 0 Å². The lowest BCUT2D eigenvalue weighted by Gasteiger charge is -2.39. The molecule has 0 saturated carbocycles. The predicted octanol–water partition coefficient (Wildman–Crippen LogP) is -2.76. The SMILES string of the molecule is C=CC(=O)OCCOC(=O)N[C@H]1C(O)O[C@H](CO)[C@@H](O)[C@@H]1O. The van der Waals surface area contributed by atoms with Gasteiger partial charge in [-0.3, -0.25) is 0 Å². The minimum Gasteiger partial charge on any atom is -0.459 e. The number of hydrogen-bond donors (Lipinski definition) is 5. The molecule has 1 aliphatic heterocycles. The quantitative estimate of drug-likeness (QED) is 0.199. The van der Waals surface area contributed by atoms with Crippen LogP contribution in [0.1, 0.15) is 0 Å². The summed E-state index contributed by atoms with van der Waals surface area (Å²) >= 11 is 0. The number of alkyl carbamates (subject to hydrolysis) is 1. The Morgan fingerprint density at radius 3 is 2.41 bits per heavy atom. The molecular weight excluding hydrogens is 302 g/mol. The first-order valence-electron chi connectivity index (χ1n) is 6.43. The maximum absolute atomic E-state index is 11.5. The van der Waals surface area contributed by atoms with E-state index in [1.165, 1.54) is 0 Å². The third-order valence-electron chi connectivity index (χ3n) is 2.91. The van der Waals surface area contributed by atoms with E-state index in [1.54, 1.807) is 0 Å². The van der Waals surface area contributed by atoms with E-state index in [-0.39, 0.29) is 13.2 Å². The fraction of sp³-hybridized carbons (Fsp3) is 0.667. The van der Waals surface area contributed by atoms with Crippen LogP contribution in [-0.4, -0.2) is 83.0 Å². The van der Waals surface area contributed by atoms with Crippen molar-refractivity contribution in [3.8, 4) is 0 Å².